The maximum atomic E-state index is 12.6. The van der Waals surface area contributed by atoms with Crippen molar-refractivity contribution in [2.24, 2.45) is 5.73 Å². The quantitative estimate of drug-likeness (QED) is 0.813. The van der Waals surface area contributed by atoms with Gasteiger partial charge in [0.1, 0.15) is 5.75 Å². The molecule has 0 unspecified atom stereocenters. The smallest absolute Gasteiger partial charge is 0.260 e. The lowest BCUT2D eigenvalue weighted by atomic mass is 10.1. The van der Waals surface area contributed by atoms with E-state index in [9.17, 15) is 9.59 Å². The van der Waals surface area contributed by atoms with Crippen LogP contribution in [0.1, 0.15) is 19.3 Å². The predicted octanol–water partition coefficient (Wildman–Crippen LogP) is 2.37. The van der Waals surface area contributed by atoms with Gasteiger partial charge < -0.3 is 25.6 Å². The van der Waals surface area contributed by atoms with Crippen LogP contribution in [0.25, 0.3) is 0 Å². The van der Waals surface area contributed by atoms with Crippen LogP contribution in [-0.2, 0) is 9.59 Å². The summed E-state index contributed by atoms with van der Waals surface area (Å²) in [5, 5.41) is 2.94. The van der Waals surface area contributed by atoms with Gasteiger partial charge in [-0.2, -0.15) is 0 Å². The van der Waals surface area contributed by atoms with Crippen LogP contribution in [0.4, 0.5) is 17.1 Å². The normalized spacial score (nSPS) is 18.6. The van der Waals surface area contributed by atoms with E-state index in [1.54, 1.807) is 6.07 Å². The Kier molecular flexibility index (Phi) is 5.55. The predicted molar refractivity (Wildman–Crippen MR) is 113 cm³/mol. The minimum absolute atomic E-state index is 0.109. The molecule has 2 aliphatic rings. The second-order valence-electron chi connectivity index (χ2n) is 7.50. The van der Waals surface area contributed by atoms with Gasteiger partial charge in [0.15, 0.2) is 6.10 Å². The van der Waals surface area contributed by atoms with Crippen LogP contribution >= 0.6 is 0 Å². The molecule has 2 heterocycles. The fourth-order valence-corrected chi connectivity index (χ4v) is 3.89. The monoisotopic (exact) mass is 394 g/mol. The number of nitrogens with two attached hydrogens (primary N) is 1. The maximum absolute atomic E-state index is 12.6. The third-order valence-electron chi connectivity index (χ3n) is 5.39. The average molecular weight is 394 g/mol. The molecule has 152 valence electrons. The van der Waals surface area contributed by atoms with E-state index >= 15 is 0 Å². The van der Waals surface area contributed by atoms with Gasteiger partial charge in [0, 0.05) is 24.5 Å². The Labute approximate surface area is 170 Å². The first kappa shape index (κ1) is 19.1. The van der Waals surface area contributed by atoms with E-state index in [2.05, 4.69) is 10.2 Å². The van der Waals surface area contributed by atoms with Crippen LogP contribution in [0.2, 0.25) is 0 Å². The number of ether oxygens (including phenoxy) is 1. The summed E-state index contributed by atoms with van der Waals surface area (Å²) in [7, 11) is 0. The number of nitrogens with one attached hydrogen (secondary N) is 1. The number of piperidine rings is 1. The van der Waals surface area contributed by atoms with Crippen molar-refractivity contribution in [3.63, 3.8) is 0 Å². The molecule has 7 nitrogen and oxygen atoms in total. The summed E-state index contributed by atoms with van der Waals surface area (Å²) in [6.45, 7) is 2.53. The van der Waals surface area contributed by atoms with E-state index in [0.717, 1.165) is 24.5 Å². The summed E-state index contributed by atoms with van der Waals surface area (Å²) in [6.07, 6.45) is 2.98. The molecule has 7 heteroatoms. The number of carbonyl (C=O) groups excluding carboxylic acids is 2. The Morgan fingerprint density at radius 3 is 2.48 bits per heavy atom. The molecule has 2 aromatic rings. The molecule has 0 spiro atoms. The third kappa shape index (κ3) is 4.45. The molecular formula is C22H26N4O3. The molecule has 29 heavy (non-hydrogen) atoms. The zero-order valence-electron chi connectivity index (χ0n) is 16.3. The second-order valence-corrected chi connectivity index (χ2v) is 7.50. The number of para-hydroxylation sites is 2. The molecule has 1 atom stereocenters. The minimum Gasteiger partial charge on any atom is -0.477 e. The Bertz CT molecular complexity index is 878. The highest BCUT2D eigenvalue weighted by molar-refractivity contribution is 5.95. The standard InChI is InChI=1S/C22H26N4O3/c23-22(28)20-14-26(18-6-2-3-7-19(18)29-20)15-21(27)24-16-8-10-17(11-9-16)25-12-4-1-5-13-25/h2-3,6-11,20H,1,4-5,12-15H2,(H2,23,28)(H,24,27)/t20-/m0/s1. The van der Waals surface area contributed by atoms with Crippen LogP contribution in [0.15, 0.2) is 48.5 Å². The SMILES string of the molecule is NC(=O)[C@@H]1CN(CC(=O)Nc2ccc(N3CCCCC3)cc2)c2ccccc2O1. The van der Waals surface area contributed by atoms with E-state index in [-0.39, 0.29) is 19.0 Å². The van der Waals surface area contributed by atoms with Gasteiger partial charge in [-0.15, -0.1) is 0 Å². The number of amides is 2. The molecule has 0 aliphatic carbocycles. The average Bonchev–Trinajstić information content (AvgIpc) is 2.74. The summed E-state index contributed by atoms with van der Waals surface area (Å²) < 4.78 is 5.64. The molecule has 2 amide bonds. The highest BCUT2D eigenvalue weighted by Gasteiger charge is 2.30. The third-order valence-corrected chi connectivity index (χ3v) is 5.39. The van der Waals surface area contributed by atoms with Crippen molar-refractivity contribution in [1.29, 1.82) is 0 Å². The van der Waals surface area contributed by atoms with Crippen LogP contribution in [-0.4, -0.2) is 44.1 Å². The number of anilines is 3. The molecule has 2 aliphatic heterocycles. The van der Waals surface area contributed by atoms with Gasteiger partial charge in [0.05, 0.1) is 18.8 Å². The topological polar surface area (TPSA) is 87.9 Å². The first-order valence-corrected chi connectivity index (χ1v) is 10.0. The van der Waals surface area contributed by atoms with Crippen molar-refractivity contribution >= 4 is 28.9 Å². The minimum atomic E-state index is -0.776. The van der Waals surface area contributed by atoms with Crippen LogP contribution in [0.3, 0.4) is 0 Å². The summed E-state index contributed by atoms with van der Waals surface area (Å²) in [5.41, 5.74) is 8.14. The largest absolute Gasteiger partial charge is 0.477 e. The number of rotatable bonds is 5. The lowest BCUT2D eigenvalue weighted by molar-refractivity contribution is -0.125. The van der Waals surface area contributed by atoms with E-state index in [1.165, 1.54) is 24.9 Å². The van der Waals surface area contributed by atoms with Crippen molar-refractivity contribution in [1.82, 2.24) is 0 Å². The van der Waals surface area contributed by atoms with E-state index in [4.69, 9.17) is 10.5 Å². The van der Waals surface area contributed by atoms with Crippen molar-refractivity contribution in [2.45, 2.75) is 25.4 Å². The van der Waals surface area contributed by atoms with Gasteiger partial charge in [0.2, 0.25) is 5.91 Å². The fourth-order valence-electron chi connectivity index (χ4n) is 3.89. The molecule has 2 aromatic carbocycles. The van der Waals surface area contributed by atoms with Crippen molar-refractivity contribution in [2.75, 3.05) is 41.3 Å². The number of primary amides is 1. The maximum Gasteiger partial charge on any atom is 0.260 e. The molecule has 1 saturated heterocycles. The van der Waals surface area contributed by atoms with Gasteiger partial charge in [-0.1, -0.05) is 12.1 Å². The summed E-state index contributed by atoms with van der Waals surface area (Å²) >= 11 is 0. The van der Waals surface area contributed by atoms with Gasteiger partial charge in [0.25, 0.3) is 5.91 Å². The molecule has 0 radical (unpaired) electrons. The lowest BCUT2D eigenvalue weighted by Gasteiger charge is -2.34. The van der Waals surface area contributed by atoms with Gasteiger partial charge in [-0.05, 0) is 55.7 Å². The molecule has 0 saturated carbocycles. The van der Waals surface area contributed by atoms with E-state index in [1.807, 2.05) is 47.4 Å². The molecule has 3 N–H and O–H groups in total. The van der Waals surface area contributed by atoms with E-state index < -0.39 is 12.0 Å². The van der Waals surface area contributed by atoms with Crippen molar-refractivity contribution in [3.8, 4) is 5.75 Å². The highest BCUT2D eigenvalue weighted by atomic mass is 16.5. The van der Waals surface area contributed by atoms with Crippen molar-refractivity contribution < 1.29 is 14.3 Å². The van der Waals surface area contributed by atoms with Gasteiger partial charge in [-0.3, -0.25) is 9.59 Å². The summed E-state index contributed by atoms with van der Waals surface area (Å²) in [4.78, 5) is 28.5. The molecule has 0 aromatic heterocycles. The highest BCUT2D eigenvalue weighted by Crippen LogP contribution is 2.32. The molecule has 4 rings (SSSR count). The lowest BCUT2D eigenvalue weighted by Crippen LogP contribution is -2.49. The second kappa shape index (κ2) is 8.43. The first-order valence-electron chi connectivity index (χ1n) is 10.0. The van der Waals surface area contributed by atoms with Crippen LogP contribution < -0.4 is 25.6 Å². The van der Waals surface area contributed by atoms with Crippen LogP contribution in [0, 0.1) is 0 Å². The molecular weight excluding hydrogens is 368 g/mol. The first-order chi connectivity index (χ1) is 14.1. The van der Waals surface area contributed by atoms with E-state index in [0.29, 0.717) is 5.75 Å². The Morgan fingerprint density at radius 1 is 1.03 bits per heavy atom. The van der Waals surface area contributed by atoms with Gasteiger partial charge in [-0.25, -0.2) is 0 Å². The summed E-state index contributed by atoms with van der Waals surface area (Å²) in [6, 6.07) is 15.3. The number of nitrogens with zero attached hydrogens (tertiary/aromatic N) is 2. The number of fused-ring (bicyclic) bond motifs is 1. The number of hydrogen-bond acceptors (Lipinski definition) is 5. The van der Waals surface area contributed by atoms with Gasteiger partial charge >= 0.3 is 0 Å². The van der Waals surface area contributed by atoms with Crippen LogP contribution in [0.5, 0.6) is 5.75 Å². The zero-order valence-corrected chi connectivity index (χ0v) is 16.3. The van der Waals surface area contributed by atoms with Crippen molar-refractivity contribution in [3.05, 3.63) is 48.5 Å². The number of hydrogen-bond donors (Lipinski definition) is 2. The Morgan fingerprint density at radius 2 is 1.76 bits per heavy atom. The molecule has 1 fully saturated rings. The Balaban J connectivity index is 1.40. The number of benzene rings is 2. The Hall–Kier alpha value is -3.22. The number of carbonyl (C=O) groups is 2. The zero-order chi connectivity index (χ0) is 20.2. The summed E-state index contributed by atoms with van der Waals surface area (Å²) in [5.74, 6) is -0.143. The molecule has 0 bridgehead atoms. The fraction of sp³-hybridized carbons (Fsp3) is 0.364.